The number of rotatable bonds is 1. The molecule has 1 saturated heterocycles. The highest BCUT2D eigenvalue weighted by molar-refractivity contribution is 5.71. The van der Waals surface area contributed by atoms with Crippen molar-refractivity contribution >= 4 is 5.97 Å². The second-order valence-electron chi connectivity index (χ2n) is 3.93. The van der Waals surface area contributed by atoms with E-state index in [9.17, 15) is 4.79 Å². The lowest BCUT2D eigenvalue weighted by Gasteiger charge is -2.48. The van der Waals surface area contributed by atoms with E-state index in [-0.39, 0.29) is 11.3 Å². The monoisotopic (exact) mass is 170 g/mol. The maximum atomic E-state index is 10.9. The summed E-state index contributed by atoms with van der Waals surface area (Å²) in [7, 11) is 0. The minimum atomic E-state index is -0.672. The zero-order valence-electron chi connectivity index (χ0n) is 7.08. The van der Waals surface area contributed by atoms with Crippen LogP contribution in [0.5, 0.6) is 0 Å². The summed E-state index contributed by atoms with van der Waals surface area (Å²) >= 11 is 0. The number of ether oxygens (including phenoxy) is 1. The van der Waals surface area contributed by atoms with E-state index in [0.29, 0.717) is 6.61 Å². The van der Waals surface area contributed by atoms with E-state index in [1.807, 2.05) is 0 Å². The van der Waals surface area contributed by atoms with Crippen molar-refractivity contribution in [2.45, 2.75) is 25.7 Å². The van der Waals surface area contributed by atoms with E-state index >= 15 is 0 Å². The molecule has 0 aromatic rings. The third-order valence-corrected chi connectivity index (χ3v) is 3.42. The molecule has 0 bridgehead atoms. The van der Waals surface area contributed by atoms with Crippen LogP contribution >= 0.6 is 0 Å². The summed E-state index contributed by atoms with van der Waals surface area (Å²) < 4.78 is 5.19. The molecule has 1 aliphatic heterocycles. The normalized spacial score (nSPS) is 32.8. The number of hydrogen-bond acceptors (Lipinski definition) is 2. The fourth-order valence-electron chi connectivity index (χ4n) is 2.39. The van der Waals surface area contributed by atoms with Gasteiger partial charge in [0.05, 0.1) is 12.5 Å². The third kappa shape index (κ3) is 1.04. The average Bonchev–Trinajstić information content (AvgIpc) is 2.01. The fourth-order valence-corrected chi connectivity index (χ4v) is 2.39. The van der Waals surface area contributed by atoms with Crippen molar-refractivity contribution < 1.29 is 14.6 Å². The highest BCUT2D eigenvalue weighted by Crippen LogP contribution is 2.51. The first-order valence-corrected chi connectivity index (χ1v) is 4.55. The van der Waals surface area contributed by atoms with Gasteiger partial charge in [0, 0.05) is 6.61 Å². The molecule has 3 heteroatoms. The molecule has 1 unspecified atom stereocenters. The molecule has 1 aliphatic carbocycles. The molecule has 1 heterocycles. The fraction of sp³-hybridized carbons (Fsp3) is 0.889. The predicted molar refractivity (Wildman–Crippen MR) is 42.8 cm³/mol. The van der Waals surface area contributed by atoms with Crippen LogP contribution in [0.15, 0.2) is 0 Å². The third-order valence-electron chi connectivity index (χ3n) is 3.42. The molecule has 0 aromatic carbocycles. The number of carboxylic acids is 1. The predicted octanol–water partition coefficient (Wildman–Crippen LogP) is 1.28. The molecule has 68 valence electrons. The summed E-state index contributed by atoms with van der Waals surface area (Å²) in [5, 5.41) is 8.96. The van der Waals surface area contributed by atoms with Gasteiger partial charge in [-0.2, -0.15) is 0 Å². The van der Waals surface area contributed by atoms with Crippen molar-refractivity contribution in [1.29, 1.82) is 0 Å². The molecule has 2 fully saturated rings. The quantitative estimate of drug-likeness (QED) is 0.644. The number of carboxylic acid groups (broad SMARTS) is 1. The molecular weight excluding hydrogens is 156 g/mol. The number of aliphatic carboxylic acids is 1. The summed E-state index contributed by atoms with van der Waals surface area (Å²) in [4.78, 5) is 10.9. The van der Waals surface area contributed by atoms with E-state index in [2.05, 4.69) is 0 Å². The van der Waals surface area contributed by atoms with Gasteiger partial charge in [0.25, 0.3) is 0 Å². The highest BCUT2D eigenvalue weighted by atomic mass is 16.5. The van der Waals surface area contributed by atoms with Gasteiger partial charge in [-0.25, -0.2) is 0 Å². The van der Waals surface area contributed by atoms with Gasteiger partial charge in [-0.15, -0.1) is 0 Å². The largest absolute Gasteiger partial charge is 0.481 e. The van der Waals surface area contributed by atoms with Crippen molar-refractivity contribution in [3.63, 3.8) is 0 Å². The maximum absolute atomic E-state index is 10.9. The minimum Gasteiger partial charge on any atom is -0.481 e. The summed E-state index contributed by atoms with van der Waals surface area (Å²) in [6.45, 7) is 1.18. The summed E-state index contributed by atoms with van der Waals surface area (Å²) in [5.74, 6) is -0.908. The van der Waals surface area contributed by atoms with Crippen LogP contribution < -0.4 is 0 Å². The molecule has 1 N–H and O–H groups in total. The molecule has 12 heavy (non-hydrogen) atoms. The molecule has 1 atom stereocenters. The number of hydrogen-bond donors (Lipinski definition) is 1. The van der Waals surface area contributed by atoms with E-state index in [1.165, 1.54) is 6.42 Å². The topological polar surface area (TPSA) is 46.5 Å². The Morgan fingerprint density at radius 3 is 2.58 bits per heavy atom. The molecule has 0 amide bonds. The van der Waals surface area contributed by atoms with Crippen molar-refractivity contribution in [1.82, 2.24) is 0 Å². The van der Waals surface area contributed by atoms with Crippen molar-refractivity contribution in [3.8, 4) is 0 Å². The first-order valence-electron chi connectivity index (χ1n) is 4.55. The maximum Gasteiger partial charge on any atom is 0.309 e. The highest BCUT2D eigenvalue weighted by Gasteiger charge is 2.49. The Balaban J connectivity index is 2.11. The van der Waals surface area contributed by atoms with E-state index in [0.717, 1.165) is 25.9 Å². The van der Waals surface area contributed by atoms with Crippen LogP contribution in [0.25, 0.3) is 0 Å². The van der Waals surface area contributed by atoms with Crippen LogP contribution in [-0.2, 0) is 9.53 Å². The smallest absolute Gasteiger partial charge is 0.309 e. The summed E-state index contributed by atoms with van der Waals surface area (Å²) in [6, 6.07) is 0. The molecule has 0 radical (unpaired) electrons. The lowest BCUT2D eigenvalue weighted by Crippen LogP contribution is -2.47. The van der Waals surface area contributed by atoms with Crippen molar-refractivity contribution in [2.75, 3.05) is 13.2 Å². The molecule has 3 nitrogen and oxygen atoms in total. The zero-order chi connectivity index (χ0) is 8.60. The van der Waals surface area contributed by atoms with Gasteiger partial charge in [-0.3, -0.25) is 4.79 Å². The van der Waals surface area contributed by atoms with E-state index < -0.39 is 5.97 Å². The van der Waals surface area contributed by atoms with Crippen LogP contribution in [0.2, 0.25) is 0 Å². The molecular formula is C9H14O3. The van der Waals surface area contributed by atoms with Gasteiger partial charge in [-0.05, 0) is 24.7 Å². The van der Waals surface area contributed by atoms with Crippen LogP contribution in [0.3, 0.4) is 0 Å². The Kier molecular flexibility index (Phi) is 1.83. The van der Waals surface area contributed by atoms with Crippen molar-refractivity contribution in [3.05, 3.63) is 0 Å². The average molecular weight is 170 g/mol. The summed E-state index contributed by atoms with van der Waals surface area (Å²) in [6.07, 6.45) is 4.33. The van der Waals surface area contributed by atoms with Gasteiger partial charge in [0.2, 0.25) is 0 Å². The second kappa shape index (κ2) is 2.73. The van der Waals surface area contributed by atoms with Gasteiger partial charge >= 0.3 is 5.97 Å². The standard InChI is InChI=1S/C9H14O3/c10-8(11)7-6-12-5-4-9(7)2-1-3-9/h7H,1-6H2,(H,10,11). The molecule has 2 rings (SSSR count). The molecule has 0 aromatic heterocycles. The Labute approximate surface area is 71.7 Å². The Morgan fingerprint density at radius 2 is 2.17 bits per heavy atom. The molecule has 2 aliphatic rings. The van der Waals surface area contributed by atoms with Crippen LogP contribution in [0.4, 0.5) is 0 Å². The van der Waals surface area contributed by atoms with Gasteiger partial charge in [0.15, 0.2) is 0 Å². The first-order chi connectivity index (χ1) is 5.75. The Hall–Kier alpha value is -0.570. The summed E-state index contributed by atoms with van der Waals surface area (Å²) in [5.41, 5.74) is 0.115. The van der Waals surface area contributed by atoms with Crippen LogP contribution in [-0.4, -0.2) is 24.3 Å². The lowest BCUT2D eigenvalue weighted by atomic mass is 9.59. The first kappa shape index (κ1) is 8.05. The molecule has 1 saturated carbocycles. The Morgan fingerprint density at radius 1 is 1.42 bits per heavy atom. The zero-order valence-corrected chi connectivity index (χ0v) is 7.08. The van der Waals surface area contributed by atoms with Gasteiger partial charge in [0.1, 0.15) is 0 Å². The Bertz CT molecular complexity index is 196. The van der Waals surface area contributed by atoms with E-state index in [4.69, 9.17) is 9.84 Å². The van der Waals surface area contributed by atoms with Crippen LogP contribution in [0, 0.1) is 11.3 Å². The SMILES string of the molecule is O=C(O)C1COCCC12CCC2. The van der Waals surface area contributed by atoms with Gasteiger partial charge in [-0.1, -0.05) is 6.42 Å². The van der Waals surface area contributed by atoms with Crippen LogP contribution in [0.1, 0.15) is 25.7 Å². The molecule has 1 spiro atoms. The lowest BCUT2D eigenvalue weighted by molar-refractivity contribution is -0.163. The van der Waals surface area contributed by atoms with Gasteiger partial charge < -0.3 is 9.84 Å². The minimum absolute atomic E-state index is 0.115. The second-order valence-corrected chi connectivity index (χ2v) is 3.93. The van der Waals surface area contributed by atoms with E-state index in [1.54, 1.807) is 0 Å². The number of carbonyl (C=O) groups is 1. The van der Waals surface area contributed by atoms with Crippen molar-refractivity contribution in [2.24, 2.45) is 11.3 Å².